The number of aliphatic hydroxyl groups excluding tert-OH is 1. The van der Waals surface area contributed by atoms with E-state index in [2.05, 4.69) is 43.1 Å². The molecule has 0 bridgehead atoms. The maximum absolute atomic E-state index is 9.11. The van der Waals surface area contributed by atoms with Crippen LogP contribution in [0.4, 0.5) is 0 Å². The summed E-state index contributed by atoms with van der Waals surface area (Å²) in [4.78, 5) is 2.26. The summed E-state index contributed by atoms with van der Waals surface area (Å²) < 4.78 is 0. The Balaban J connectivity index is 2.39. The Morgan fingerprint density at radius 2 is 1.93 bits per heavy atom. The van der Waals surface area contributed by atoms with Crippen LogP contribution in [0.5, 0.6) is 0 Å². The average molecular weight is 207 g/mol. The third-order valence-corrected chi connectivity index (χ3v) is 2.70. The van der Waals surface area contributed by atoms with Crippen molar-refractivity contribution in [2.75, 3.05) is 20.2 Å². The summed E-state index contributed by atoms with van der Waals surface area (Å²) in [6, 6.07) is 10.4. The second-order valence-electron chi connectivity index (χ2n) is 4.14. The Hall–Kier alpha value is -0.860. The molecule has 2 heteroatoms. The van der Waals surface area contributed by atoms with E-state index in [0.717, 1.165) is 19.5 Å². The van der Waals surface area contributed by atoms with Crippen LogP contribution in [0.15, 0.2) is 30.3 Å². The van der Waals surface area contributed by atoms with Crippen LogP contribution in [-0.2, 0) is 6.54 Å². The standard InChI is InChI=1S/C13H21NO/c1-3-12(11-15)9-14(2)10-13-7-5-4-6-8-13/h4-8,12,15H,3,9-11H2,1-2H3. The fourth-order valence-corrected chi connectivity index (χ4v) is 1.72. The van der Waals surface area contributed by atoms with Gasteiger partial charge in [0.05, 0.1) is 0 Å². The summed E-state index contributed by atoms with van der Waals surface area (Å²) in [6.45, 7) is 4.33. The van der Waals surface area contributed by atoms with Crippen molar-refractivity contribution in [3.05, 3.63) is 35.9 Å². The molecule has 0 aliphatic rings. The molecule has 0 spiro atoms. The molecule has 1 rings (SSSR count). The topological polar surface area (TPSA) is 23.5 Å². The highest BCUT2D eigenvalue weighted by molar-refractivity contribution is 5.14. The Morgan fingerprint density at radius 3 is 2.47 bits per heavy atom. The van der Waals surface area contributed by atoms with Crippen molar-refractivity contribution >= 4 is 0 Å². The van der Waals surface area contributed by atoms with Crippen LogP contribution >= 0.6 is 0 Å². The van der Waals surface area contributed by atoms with Gasteiger partial charge in [-0.1, -0.05) is 37.3 Å². The van der Waals surface area contributed by atoms with E-state index in [0.29, 0.717) is 5.92 Å². The Kier molecular flexibility index (Phi) is 5.37. The minimum absolute atomic E-state index is 0.287. The van der Waals surface area contributed by atoms with Gasteiger partial charge in [0.2, 0.25) is 0 Å². The summed E-state index contributed by atoms with van der Waals surface area (Å²) in [5.41, 5.74) is 1.33. The van der Waals surface area contributed by atoms with Crippen LogP contribution < -0.4 is 0 Å². The number of aliphatic hydroxyl groups is 1. The highest BCUT2D eigenvalue weighted by Crippen LogP contribution is 2.07. The van der Waals surface area contributed by atoms with Gasteiger partial charge in [0.1, 0.15) is 0 Å². The molecule has 0 fully saturated rings. The molecule has 15 heavy (non-hydrogen) atoms. The van der Waals surface area contributed by atoms with E-state index >= 15 is 0 Å². The molecule has 0 aliphatic carbocycles. The van der Waals surface area contributed by atoms with Crippen molar-refractivity contribution in [1.29, 1.82) is 0 Å². The minimum atomic E-state index is 0.287. The van der Waals surface area contributed by atoms with Crippen LogP contribution in [-0.4, -0.2) is 30.2 Å². The molecule has 84 valence electrons. The molecule has 0 aliphatic heterocycles. The second kappa shape index (κ2) is 6.59. The molecular weight excluding hydrogens is 186 g/mol. The number of nitrogens with zero attached hydrogens (tertiary/aromatic N) is 1. The lowest BCUT2D eigenvalue weighted by molar-refractivity contribution is 0.173. The van der Waals surface area contributed by atoms with Gasteiger partial charge in [0.25, 0.3) is 0 Å². The molecule has 1 aromatic carbocycles. The molecule has 0 saturated carbocycles. The smallest absolute Gasteiger partial charge is 0.0471 e. The highest BCUT2D eigenvalue weighted by Gasteiger charge is 2.08. The lowest BCUT2D eigenvalue weighted by atomic mass is 10.1. The van der Waals surface area contributed by atoms with E-state index in [1.165, 1.54) is 5.56 Å². The number of rotatable bonds is 6. The van der Waals surface area contributed by atoms with Crippen LogP contribution in [0.3, 0.4) is 0 Å². The zero-order valence-electron chi connectivity index (χ0n) is 9.69. The van der Waals surface area contributed by atoms with Crippen LogP contribution in [0, 0.1) is 5.92 Å². The first-order valence-corrected chi connectivity index (χ1v) is 5.59. The zero-order valence-corrected chi connectivity index (χ0v) is 9.69. The fraction of sp³-hybridized carbons (Fsp3) is 0.538. The maximum Gasteiger partial charge on any atom is 0.0471 e. The van der Waals surface area contributed by atoms with Gasteiger partial charge in [-0.3, -0.25) is 0 Å². The van der Waals surface area contributed by atoms with E-state index in [-0.39, 0.29) is 6.61 Å². The molecule has 0 amide bonds. The Labute approximate surface area is 92.5 Å². The molecule has 0 aromatic heterocycles. The van der Waals surface area contributed by atoms with Crippen molar-refractivity contribution in [1.82, 2.24) is 4.90 Å². The predicted octanol–water partition coefficient (Wildman–Crippen LogP) is 2.14. The quantitative estimate of drug-likeness (QED) is 0.772. The largest absolute Gasteiger partial charge is 0.396 e. The van der Waals surface area contributed by atoms with Gasteiger partial charge >= 0.3 is 0 Å². The van der Waals surface area contributed by atoms with Gasteiger partial charge in [0.15, 0.2) is 0 Å². The summed E-state index contributed by atoms with van der Waals surface area (Å²) in [5.74, 6) is 0.402. The van der Waals surface area contributed by atoms with E-state index < -0.39 is 0 Å². The molecule has 0 radical (unpaired) electrons. The van der Waals surface area contributed by atoms with Crippen molar-refractivity contribution in [2.45, 2.75) is 19.9 Å². The van der Waals surface area contributed by atoms with Crippen molar-refractivity contribution in [3.63, 3.8) is 0 Å². The molecule has 0 saturated heterocycles. The number of benzene rings is 1. The third-order valence-electron chi connectivity index (χ3n) is 2.70. The van der Waals surface area contributed by atoms with Crippen LogP contribution in [0.2, 0.25) is 0 Å². The van der Waals surface area contributed by atoms with Gasteiger partial charge in [0, 0.05) is 19.7 Å². The lowest BCUT2D eigenvalue weighted by Gasteiger charge is -2.21. The first-order valence-electron chi connectivity index (χ1n) is 5.59. The number of hydrogen-bond donors (Lipinski definition) is 1. The molecule has 2 nitrogen and oxygen atoms in total. The Bertz CT molecular complexity index is 256. The monoisotopic (exact) mass is 207 g/mol. The van der Waals surface area contributed by atoms with Gasteiger partial charge in [-0.15, -0.1) is 0 Å². The molecular formula is C13H21NO. The number of hydrogen-bond acceptors (Lipinski definition) is 2. The second-order valence-corrected chi connectivity index (χ2v) is 4.14. The van der Waals surface area contributed by atoms with Gasteiger partial charge < -0.3 is 10.0 Å². The summed E-state index contributed by atoms with van der Waals surface area (Å²) in [6.07, 6.45) is 1.04. The highest BCUT2D eigenvalue weighted by atomic mass is 16.3. The van der Waals surface area contributed by atoms with Crippen LogP contribution in [0.1, 0.15) is 18.9 Å². The molecule has 1 N–H and O–H groups in total. The molecule has 1 unspecified atom stereocenters. The van der Waals surface area contributed by atoms with Crippen molar-refractivity contribution in [3.8, 4) is 0 Å². The first kappa shape index (κ1) is 12.2. The maximum atomic E-state index is 9.11. The molecule has 1 atom stereocenters. The first-order chi connectivity index (χ1) is 7.26. The molecule has 1 aromatic rings. The average Bonchev–Trinajstić information content (AvgIpc) is 2.27. The SMILES string of the molecule is CCC(CO)CN(C)Cc1ccccc1. The Morgan fingerprint density at radius 1 is 1.27 bits per heavy atom. The van der Waals surface area contributed by atoms with E-state index in [4.69, 9.17) is 5.11 Å². The van der Waals surface area contributed by atoms with E-state index in [1.54, 1.807) is 0 Å². The van der Waals surface area contributed by atoms with E-state index in [1.807, 2.05) is 6.07 Å². The lowest BCUT2D eigenvalue weighted by Crippen LogP contribution is -2.26. The summed E-state index contributed by atoms with van der Waals surface area (Å²) in [7, 11) is 2.10. The van der Waals surface area contributed by atoms with Crippen molar-refractivity contribution in [2.24, 2.45) is 5.92 Å². The minimum Gasteiger partial charge on any atom is -0.396 e. The summed E-state index contributed by atoms with van der Waals surface area (Å²) in [5, 5.41) is 9.11. The third kappa shape index (κ3) is 4.45. The van der Waals surface area contributed by atoms with E-state index in [9.17, 15) is 0 Å². The van der Waals surface area contributed by atoms with Crippen molar-refractivity contribution < 1.29 is 5.11 Å². The van der Waals surface area contributed by atoms with Gasteiger partial charge in [-0.2, -0.15) is 0 Å². The van der Waals surface area contributed by atoms with Crippen LogP contribution in [0.25, 0.3) is 0 Å². The fourth-order valence-electron chi connectivity index (χ4n) is 1.72. The zero-order chi connectivity index (χ0) is 11.1. The summed E-state index contributed by atoms with van der Waals surface area (Å²) >= 11 is 0. The predicted molar refractivity (Wildman–Crippen MR) is 63.6 cm³/mol. The van der Waals surface area contributed by atoms with Gasteiger partial charge in [-0.25, -0.2) is 0 Å². The normalized spacial score (nSPS) is 13.1. The van der Waals surface area contributed by atoms with Gasteiger partial charge in [-0.05, 0) is 24.9 Å². The molecule has 0 heterocycles.